The van der Waals surface area contributed by atoms with Crippen LogP contribution in [0.3, 0.4) is 0 Å². The Balaban J connectivity index is 1.56. The molecule has 6 rings (SSSR count). The highest BCUT2D eigenvalue weighted by atomic mass is 79.9. The first-order valence-electron chi connectivity index (χ1n) is 9.96. The Morgan fingerprint density at radius 2 is 1.83 bits per heavy atom. The Morgan fingerprint density at radius 3 is 2.60 bits per heavy atom. The van der Waals surface area contributed by atoms with E-state index in [0.717, 1.165) is 17.3 Å². The molecule has 2 aromatic rings. The number of hydrogen-bond donors (Lipinski definition) is 1. The van der Waals surface area contributed by atoms with Crippen LogP contribution in [0.4, 0.5) is 15.8 Å². The van der Waals surface area contributed by atoms with E-state index < -0.39 is 29.1 Å². The molecule has 30 heavy (non-hydrogen) atoms. The molecule has 4 heterocycles. The molecule has 3 fully saturated rings. The molecule has 0 aliphatic carbocycles. The Hall–Kier alpha value is -2.58. The van der Waals surface area contributed by atoms with Crippen molar-refractivity contribution in [2.24, 2.45) is 11.8 Å². The van der Waals surface area contributed by atoms with Gasteiger partial charge in [-0.15, -0.1) is 0 Å². The van der Waals surface area contributed by atoms with Crippen LogP contribution in [0.25, 0.3) is 0 Å². The van der Waals surface area contributed by atoms with E-state index in [9.17, 15) is 18.8 Å². The summed E-state index contributed by atoms with van der Waals surface area (Å²) in [7, 11) is 0. The number of hydrogen-bond acceptors (Lipinski definition) is 4. The van der Waals surface area contributed by atoms with Gasteiger partial charge in [0, 0.05) is 21.8 Å². The summed E-state index contributed by atoms with van der Waals surface area (Å²) in [6.07, 6.45) is 1.56. The topological polar surface area (TPSA) is 69.7 Å². The van der Waals surface area contributed by atoms with Gasteiger partial charge in [-0.1, -0.05) is 15.9 Å². The molecule has 0 radical (unpaired) electrons. The molecule has 4 aliphatic rings. The normalized spacial score (nSPS) is 32.0. The fourth-order valence-corrected chi connectivity index (χ4v) is 6.28. The van der Waals surface area contributed by atoms with Crippen LogP contribution in [0.1, 0.15) is 18.4 Å². The van der Waals surface area contributed by atoms with Crippen LogP contribution in [0.2, 0.25) is 0 Å². The monoisotopic (exact) mass is 469 g/mol. The molecule has 4 aliphatic heterocycles. The maximum Gasteiger partial charge on any atom is 0.250 e. The summed E-state index contributed by atoms with van der Waals surface area (Å²) in [5.41, 5.74) is 0.112. The lowest BCUT2D eigenvalue weighted by Crippen LogP contribution is -2.54. The van der Waals surface area contributed by atoms with Gasteiger partial charge in [0.15, 0.2) is 0 Å². The van der Waals surface area contributed by atoms with Gasteiger partial charge in [-0.25, -0.2) is 9.29 Å². The summed E-state index contributed by atoms with van der Waals surface area (Å²) >= 11 is 3.37. The van der Waals surface area contributed by atoms with Gasteiger partial charge < -0.3 is 5.32 Å². The summed E-state index contributed by atoms with van der Waals surface area (Å²) in [5.74, 6) is -2.98. The van der Waals surface area contributed by atoms with Crippen molar-refractivity contribution in [2.75, 3.05) is 16.8 Å². The minimum atomic E-state index is -1.35. The molecule has 6 nitrogen and oxygen atoms in total. The molecule has 4 atom stereocenters. The number of imide groups is 1. The number of carbonyl (C=O) groups is 3. The zero-order valence-electron chi connectivity index (χ0n) is 15.8. The van der Waals surface area contributed by atoms with Crippen molar-refractivity contribution in [3.8, 4) is 0 Å². The predicted molar refractivity (Wildman–Crippen MR) is 110 cm³/mol. The van der Waals surface area contributed by atoms with Crippen molar-refractivity contribution in [3.05, 3.63) is 58.3 Å². The second kappa shape index (κ2) is 5.98. The molecular weight excluding hydrogens is 453 g/mol. The summed E-state index contributed by atoms with van der Waals surface area (Å²) in [6.45, 7) is 0.597. The van der Waals surface area contributed by atoms with Gasteiger partial charge in [-0.05, 0) is 61.9 Å². The van der Waals surface area contributed by atoms with Crippen LogP contribution in [0.15, 0.2) is 46.9 Å². The molecule has 2 aromatic carbocycles. The van der Waals surface area contributed by atoms with Gasteiger partial charge in [0.1, 0.15) is 11.4 Å². The second-order valence-electron chi connectivity index (χ2n) is 8.31. The van der Waals surface area contributed by atoms with Crippen LogP contribution >= 0.6 is 15.9 Å². The molecule has 0 saturated carbocycles. The lowest BCUT2D eigenvalue weighted by Gasteiger charge is -2.36. The summed E-state index contributed by atoms with van der Waals surface area (Å²) in [5, 5.41) is 2.84. The smallest absolute Gasteiger partial charge is 0.250 e. The van der Waals surface area contributed by atoms with Crippen LogP contribution < -0.4 is 10.2 Å². The third-order valence-corrected chi connectivity index (χ3v) is 7.57. The maximum absolute atomic E-state index is 14.2. The van der Waals surface area contributed by atoms with Gasteiger partial charge in [-0.3, -0.25) is 19.3 Å². The van der Waals surface area contributed by atoms with E-state index in [4.69, 9.17) is 0 Å². The zero-order chi connectivity index (χ0) is 20.8. The van der Waals surface area contributed by atoms with E-state index in [0.29, 0.717) is 23.5 Å². The number of nitrogens with one attached hydrogen (secondary N) is 1. The van der Waals surface area contributed by atoms with E-state index in [1.165, 1.54) is 23.1 Å². The van der Waals surface area contributed by atoms with E-state index in [1.54, 1.807) is 24.3 Å². The fraction of sp³-hybridized carbons (Fsp3) is 0.318. The SMILES string of the molecule is O=C1[C@H]2[C@@H](C(=O)N1c1ccc(Br)cc1)[C@]1(C(=O)Nc3ccc(F)cc31)N1CCC[C@@H]21. The molecule has 152 valence electrons. The van der Waals surface area contributed by atoms with Gasteiger partial charge in [0.25, 0.3) is 0 Å². The lowest BCUT2D eigenvalue weighted by atomic mass is 9.75. The molecule has 8 heteroatoms. The number of anilines is 2. The summed E-state index contributed by atoms with van der Waals surface area (Å²) in [6, 6.07) is 10.9. The van der Waals surface area contributed by atoms with Gasteiger partial charge >= 0.3 is 0 Å². The van der Waals surface area contributed by atoms with E-state index in [2.05, 4.69) is 21.2 Å². The first-order chi connectivity index (χ1) is 14.4. The van der Waals surface area contributed by atoms with Crippen molar-refractivity contribution in [3.63, 3.8) is 0 Å². The molecule has 3 amide bonds. The zero-order valence-corrected chi connectivity index (χ0v) is 17.4. The highest BCUT2D eigenvalue weighted by Crippen LogP contribution is 2.60. The Labute approximate surface area is 180 Å². The molecule has 3 saturated heterocycles. The standard InChI is InChI=1S/C22H17BrFN3O3/c23-11-3-6-13(7-4-11)27-19(28)17-16-2-1-9-26(16)22(18(17)20(27)29)14-10-12(24)5-8-15(14)25-21(22)30/h3-8,10,16-18H,1-2,9H2,(H,25,30)/t16-,17+,18-,22+/m0/s1. The van der Waals surface area contributed by atoms with Crippen LogP contribution in [0.5, 0.6) is 0 Å². The highest BCUT2D eigenvalue weighted by Gasteiger charge is 2.74. The summed E-state index contributed by atoms with van der Waals surface area (Å²) < 4.78 is 15.1. The molecule has 0 aromatic heterocycles. The first kappa shape index (κ1) is 18.2. The predicted octanol–water partition coefficient (Wildman–Crippen LogP) is 3.02. The minimum absolute atomic E-state index is 0.216. The van der Waals surface area contributed by atoms with Crippen LogP contribution in [0, 0.1) is 17.7 Å². The number of benzene rings is 2. The Morgan fingerprint density at radius 1 is 1.07 bits per heavy atom. The van der Waals surface area contributed by atoms with Gasteiger partial charge in [-0.2, -0.15) is 0 Å². The third-order valence-electron chi connectivity index (χ3n) is 7.04. The minimum Gasteiger partial charge on any atom is -0.324 e. The molecular formula is C22H17BrFN3O3. The van der Waals surface area contributed by atoms with Crippen LogP contribution in [-0.2, 0) is 19.9 Å². The number of carbonyl (C=O) groups excluding carboxylic acids is 3. The lowest BCUT2D eigenvalue weighted by molar-refractivity contribution is -0.135. The fourth-order valence-electron chi connectivity index (χ4n) is 6.02. The molecule has 0 bridgehead atoms. The van der Waals surface area contributed by atoms with Crippen molar-refractivity contribution >= 4 is 45.0 Å². The Bertz CT molecular complexity index is 1140. The average molecular weight is 470 g/mol. The number of halogens is 2. The number of rotatable bonds is 1. The van der Waals surface area contributed by atoms with Crippen molar-refractivity contribution in [1.29, 1.82) is 0 Å². The molecule has 1 N–H and O–H groups in total. The van der Waals surface area contributed by atoms with E-state index in [-0.39, 0.29) is 17.9 Å². The number of amides is 3. The maximum atomic E-state index is 14.2. The Kier molecular flexibility index (Phi) is 3.63. The van der Waals surface area contributed by atoms with E-state index in [1.807, 2.05) is 4.90 Å². The average Bonchev–Trinajstić information content (AvgIpc) is 3.42. The van der Waals surface area contributed by atoms with Crippen molar-refractivity contribution in [2.45, 2.75) is 24.4 Å². The first-order valence-corrected chi connectivity index (χ1v) is 10.8. The molecule has 1 spiro atoms. The summed E-state index contributed by atoms with van der Waals surface area (Å²) in [4.78, 5) is 43.8. The quantitative estimate of drug-likeness (QED) is 0.651. The second-order valence-corrected chi connectivity index (χ2v) is 9.22. The number of fused-ring (bicyclic) bond motifs is 7. The van der Waals surface area contributed by atoms with Crippen molar-refractivity contribution in [1.82, 2.24) is 4.90 Å². The van der Waals surface area contributed by atoms with Crippen molar-refractivity contribution < 1.29 is 18.8 Å². The van der Waals surface area contributed by atoms with Crippen LogP contribution in [-0.4, -0.2) is 35.2 Å². The molecule has 0 unspecified atom stereocenters. The van der Waals surface area contributed by atoms with Gasteiger partial charge in [0.2, 0.25) is 17.7 Å². The number of nitrogens with zero attached hydrogens (tertiary/aromatic N) is 2. The third kappa shape index (κ3) is 2.03. The van der Waals surface area contributed by atoms with E-state index >= 15 is 0 Å². The largest absolute Gasteiger partial charge is 0.324 e. The highest BCUT2D eigenvalue weighted by molar-refractivity contribution is 9.10. The van der Waals surface area contributed by atoms with Gasteiger partial charge in [0.05, 0.1) is 17.5 Å².